The molecule has 0 aromatic carbocycles. The molecule has 1 N–H and O–H groups in total. The summed E-state index contributed by atoms with van der Waals surface area (Å²) in [5.41, 5.74) is 0.622. The van der Waals surface area contributed by atoms with Gasteiger partial charge < -0.3 is 14.2 Å². The number of hydrogen-bond donors (Lipinski definition) is 1. The van der Waals surface area contributed by atoms with Crippen LogP contribution >= 0.6 is 7.60 Å². The highest BCUT2D eigenvalue weighted by atomic mass is 31.2. The van der Waals surface area contributed by atoms with Crippen LogP contribution in [0.4, 0.5) is 0 Å². The van der Waals surface area contributed by atoms with Gasteiger partial charge in [0.2, 0.25) is 0 Å². The molecule has 0 heterocycles. The Bertz CT molecular complexity index is 511. The van der Waals surface area contributed by atoms with Gasteiger partial charge in [-0.2, -0.15) is 0 Å². The van der Waals surface area contributed by atoms with Crippen molar-refractivity contribution >= 4 is 7.60 Å². The monoisotopic (exact) mass is 358 g/mol. The van der Waals surface area contributed by atoms with Crippen LogP contribution in [0.25, 0.3) is 0 Å². The van der Waals surface area contributed by atoms with Gasteiger partial charge in [0, 0.05) is 14.2 Å². The first kappa shape index (κ1) is 18.9. The van der Waals surface area contributed by atoms with Gasteiger partial charge in [0.15, 0.2) is 0 Å². The predicted molar refractivity (Wildman–Crippen MR) is 96.0 cm³/mol. The molecule has 3 aliphatic carbocycles. The summed E-state index contributed by atoms with van der Waals surface area (Å²) >= 11 is 0. The zero-order valence-corrected chi connectivity index (χ0v) is 16.9. The van der Waals surface area contributed by atoms with Gasteiger partial charge in [-0.15, -0.1) is 0 Å². The van der Waals surface area contributed by atoms with Crippen molar-refractivity contribution in [2.24, 2.45) is 34.5 Å². The van der Waals surface area contributed by atoms with Gasteiger partial charge in [-0.1, -0.05) is 27.2 Å². The SMILES string of the molecule is COP(=O)(CC[C@@H](O)[C@H]1[C@H]2CC[C@@H]3[C@@H]2C(C)(C)CCC[C@]13C)OC. The summed E-state index contributed by atoms with van der Waals surface area (Å²) in [6, 6.07) is 0. The van der Waals surface area contributed by atoms with Crippen molar-refractivity contribution in [3.8, 4) is 0 Å². The summed E-state index contributed by atoms with van der Waals surface area (Å²) in [7, 11) is -0.185. The van der Waals surface area contributed by atoms with Crippen LogP contribution in [0.3, 0.4) is 0 Å². The van der Waals surface area contributed by atoms with Crippen LogP contribution < -0.4 is 0 Å². The van der Waals surface area contributed by atoms with Gasteiger partial charge >= 0.3 is 7.60 Å². The van der Waals surface area contributed by atoms with Crippen molar-refractivity contribution in [2.45, 2.75) is 65.4 Å². The highest BCUT2D eigenvalue weighted by molar-refractivity contribution is 7.53. The average Bonchev–Trinajstić information content (AvgIpc) is 3.04. The lowest BCUT2D eigenvalue weighted by Gasteiger charge is -2.44. The quantitative estimate of drug-likeness (QED) is 0.699. The molecule has 0 aromatic rings. The molecular formula is C19H35O4P. The third-order valence-corrected chi connectivity index (χ3v) is 9.80. The second kappa shape index (κ2) is 6.37. The Hall–Kier alpha value is 0.110. The Balaban J connectivity index is 1.80. The third-order valence-electron chi connectivity index (χ3n) is 7.88. The van der Waals surface area contributed by atoms with Crippen LogP contribution in [-0.2, 0) is 13.6 Å². The van der Waals surface area contributed by atoms with E-state index < -0.39 is 13.7 Å². The molecule has 5 heteroatoms. The molecular weight excluding hydrogens is 323 g/mol. The summed E-state index contributed by atoms with van der Waals surface area (Å²) in [5, 5.41) is 11.1. The van der Waals surface area contributed by atoms with Crippen LogP contribution in [0.1, 0.15) is 59.3 Å². The van der Waals surface area contributed by atoms with Crippen molar-refractivity contribution in [3.05, 3.63) is 0 Å². The predicted octanol–water partition coefficient (Wildman–Crippen LogP) is 4.71. The fourth-order valence-corrected chi connectivity index (χ4v) is 8.02. The van der Waals surface area contributed by atoms with Crippen LogP contribution in [0.5, 0.6) is 0 Å². The van der Waals surface area contributed by atoms with E-state index in [2.05, 4.69) is 20.8 Å². The second-order valence-electron chi connectivity index (χ2n) is 9.30. The van der Waals surface area contributed by atoms with Gasteiger partial charge in [0.05, 0.1) is 12.3 Å². The van der Waals surface area contributed by atoms with Crippen molar-refractivity contribution in [2.75, 3.05) is 20.4 Å². The van der Waals surface area contributed by atoms with Gasteiger partial charge in [-0.25, -0.2) is 0 Å². The number of rotatable bonds is 6. The molecule has 0 spiro atoms. The highest BCUT2D eigenvalue weighted by Gasteiger charge is 2.66. The third kappa shape index (κ3) is 2.82. The van der Waals surface area contributed by atoms with E-state index in [1.807, 2.05) is 0 Å². The number of aliphatic hydroxyl groups is 1. The van der Waals surface area contributed by atoms with Gasteiger partial charge in [0.1, 0.15) is 0 Å². The zero-order chi connectivity index (χ0) is 17.8. The lowest BCUT2D eigenvalue weighted by Crippen LogP contribution is -2.41. The zero-order valence-electron chi connectivity index (χ0n) is 16.0. The first-order valence-electron chi connectivity index (χ1n) is 9.57. The lowest BCUT2D eigenvalue weighted by molar-refractivity contribution is -0.0228. The molecule has 3 fully saturated rings. The maximum atomic E-state index is 12.3. The number of hydrogen-bond acceptors (Lipinski definition) is 4. The van der Waals surface area contributed by atoms with E-state index in [4.69, 9.17) is 9.05 Å². The van der Waals surface area contributed by atoms with E-state index >= 15 is 0 Å². The minimum absolute atomic E-state index is 0.241. The average molecular weight is 358 g/mol. The maximum Gasteiger partial charge on any atom is 0.330 e. The van der Waals surface area contributed by atoms with Crippen LogP contribution in [0.15, 0.2) is 0 Å². The summed E-state index contributed by atoms with van der Waals surface area (Å²) in [6.07, 6.45) is 6.79. The van der Waals surface area contributed by atoms with Gasteiger partial charge in [0.25, 0.3) is 0 Å². The Morgan fingerprint density at radius 2 is 1.83 bits per heavy atom. The molecule has 0 radical (unpaired) electrons. The molecule has 0 unspecified atom stereocenters. The smallest absolute Gasteiger partial charge is 0.330 e. The molecule has 3 aliphatic rings. The van der Waals surface area contributed by atoms with Crippen LogP contribution in [-0.4, -0.2) is 31.6 Å². The molecule has 0 aromatic heterocycles. The van der Waals surface area contributed by atoms with E-state index in [-0.39, 0.29) is 5.41 Å². The summed E-state index contributed by atoms with van der Waals surface area (Å²) in [5.74, 6) is 2.44. The molecule has 0 aliphatic heterocycles. The Morgan fingerprint density at radius 1 is 1.17 bits per heavy atom. The fraction of sp³-hybridized carbons (Fsp3) is 1.00. The standard InChI is InChI=1S/C19H35O4P/c1-18(2)10-6-11-19(3)14-8-7-13(16(14)18)17(19)15(20)9-12-24(21,22-4)23-5/h13-17,20H,6-12H2,1-5H3/t13-,14+,15+,16+,17+,19-/m0/s1. The minimum atomic E-state index is -3.04. The Morgan fingerprint density at radius 3 is 2.46 bits per heavy atom. The number of aliphatic hydroxyl groups excluding tert-OH is 1. The van der Waals surface area contributed by atoms with E-state index in [9.17, 15) is 9.67 Å². The molecule has 3 rings (SSSR count). The van der Waals surface area contributed by atoms with E-state index in [0.29, 0.717) is 29.8 Å². The van der Waals surface area contributed by atoms with Gasteiger partial charge in [-0.05, 0) is 66.6 Å². The van der Waals surface area contributed by atoms with E-state index in [0.717, 1.165) is 11.8 Å². The Kier molecular flexibility index (Phi) is 5.01. The van der Waals surface area contributed by atoms with E-state index in [1.165, 1.54) is 46.3 Å². The van der Waals surface area contributed by atoms with Crippen molar-refractivity contribution < 1.29 is 18.7 Å². The molecule has 0 amide bonds. The first-order valence-corrected chi connectivity index (χ1v) is 11.3. The highest BCUT2D eigenvalue weighted by Crippen LogP contribution is 2.71. The van der Waals surface area contributed by atoms with Crippen molar-refractivity contribution in [1.82, 2.24) is 0 Å². The summed E-state index contributed by atoms with van der Waals surface area (Å²) in [4.78, 5) is 0. The van der Waals surface area contributed by atoms with Crippen LogP contribution in [0, 0.1) is 34.5 Å². The van der Waals surface area contributed by atoms with Gasteiger partial charge in [-0.3, -0.25) is 4.57 Å². The summed E-state index contributed by atoms with van der Waals surface area (Å²) in [6.45, 7) is 7.30. The van der Waals surface area contributed by atoms with Crippen molar-refractivity contribution in [1.29, 1.82) is 0 Å². The second-order valence-corrected chi connectivity index (χ2v) is 11.7. The molecule has 140 valence electrons. The topological polar surface area (TPSA) is 55.8 Å². The minimum Gasteiger partial charge on any atom is -0.393 e. The molecule has 4 bridgehead atoms. The molecule has 3 saturated carbocycles. The molecule has 0 saturated heterocycles. The lowest BCUT2D eigenvalue weighted by atomic mass is 9.62. The summed E-state index contributed by atoms with van der Waals surface area (Å²) < 4.78 is 22.4. The van der Waals surface area contributed by atoms with Crippen molar-refractivity contribution in [3.63, 3.8) is 0 Å². The fourth-order valence-electron chi connectivity index (χ4n) is 6.93. The van der Waals surface area contributed by atoms with Crippen LogP contribution in [0.2, 0.25) is 0 Å². The maximum absolute atomic E-state index is 12.3. The largest absolute Gasteiger partial charge is 0.393 e. The molecule has 4 nitrogen and oxygen atoms in total. The molecule has 6 atom stereocenters. The normalized spacial score (nSPS) is 42.1. The first-order chi connectivity index (χ1) is 11.2. The van der Waals surface area contributed by atoms with E-state index in [1.54, 1.807) is 0 Å². The molecule has 24 heavy (non-hydrogen) atoms. The Labute approximate surface area is 147 Å².